The van der Waals surface area contributed by atoms with Crippen molar-refractivity contribution in [3.05, 3.63) is 30.1 Å². The van der Waals surface area contributed by atoms with E-state index in [1.807, 2.05) is 0 Å². The summed E-state index contributed by atoms with van der Waals surface area (Å²) >= 11 is 0. The maximum atomic E-state index is 13.1. The van der Waals surface area contributed by atoms with Gasteiger partial charge in [0.05, 0.1) is 7.59 Å². The summed E-state index contributed by atoms with van der Waals surface area (Å²) < 4.78 is 52.2. The lowest BCUT2D eigenvalue weighted by Gasteiger charge is -2.39. The maximum absolute atomic E-state index is 13.1. The van der Waals surface area contributed by atoms with Gasteiger partial charge in [0.25, 0.3) is 0 Å². The summed E-state index contributed by atoms with van der Waals surface area (Å²) in [5, 5.41) is 0.674. The summed E-state index contributed by atoms with van der Waals surface area (Å²) in [6.45, 7) is 6.17. The zero-order chi connectivity index (χ0) is 13.5. The number of hydrogen-bond donors (Lipinski definition) is 0. The Morgan fingerprint density at radius 1 is 0.882 bits per heavy atom. The van der Waals surface area contributed by atoms with E-state index in [1.54, 1.807) is 13.1 Å². The zero-order valence-electron chi connectivity index (χ0n) is 10.3. The van der Waals surface area contributed by atoms with Gasteiger partial charge in [-0.05, 0) is 12.1 Å². The molecule has 0 amide bonds. The second kappa shape index (κ2) is 4.24. The van der Waals surface area contributed by atoms with Crippen LogP contribution in [0.3, 0.4) is 0 Å². The van der Waals surface area contributed by atoms with Gasteiger partial charge >= 0.3 is 5.80 Å². The molecule has 0 saturated carbocycles. The summed E-state index contributed by atoms with van der Waals surface area (Å²) in [6.07, 6.45) is 0. The Morgan fingerprint density at radius 3 is 1.65 bits per heavy atom. The Hall–Kier alpha value is -0.626. The van der Waals surface area contributed by atoms with Gasteiger partial charge in [-0.15, -0.1) is 0 Å². The fourth-order valence-corrected chi connectivity index (χ4v) is 8.80. The average Bonchev–Trinajstić information content (AvgIpc) is 2.16. The molecule has 0 fully saturated rings. The van der Waals surface area contributed by atoms with E-state index in [-0.39, 0.29) is 0 Å². The highest BCUT2D eigenvalue weighted by molar-refractivity contribution is 7.46. The Bertz CT molecular complexity index is 393. The molecule has 0 nitrogen and oxygen atoms in total. The van der Waals surface area contributed by atoms with Crippen LogP contribution in [0.1, 0.15) is 0 Å². The molecule has 0 heterocycles. The lowest BCUT2D eigenvalue weighted by atomic mass is 10.3. The van der Waals surface area contributed by atoms with Gasteiger partial charge in [0.1, 0.15) is 5.82 Å². The van der Waals surface area contributed by atoms with E-state index in [4.69, 9.17) is 0 Å². The van der Waals surface area contributed by atoms with Crippen LogP contribution in [0.5, 0.6) is 0 Å². The standard InChI is InChI=1S/C11H16F4Si2/c1-16(2,17(3,4)11(13,14)15)10-7-5-9(12)6-8-10/h5-8H,1-4H3. The van der Waals surface area contributed by atoms with Crippen LogP contribution >= 0.6 is 0 Å². The van der Waals surface area contributed by atoms with Crippen molar-refractivity contribution in [2.45, 2.75) is 32.0 Å². The van der Waals surface area contributed by atoms with Crippen molar-refractivity contribution in [2.24, 2.45) is 0 Å². The number of benzene rings is 1. The van der Waals surface area contributed by atoms with E-state index in [0.29, 0.717) is 5.19 Å². The monoisotopic (exact) mass is 280 g/mol. The molecule has 0 aliphatic heterocycles. The van der Waals surface area contributed by atoms with Crippen molar-refractivity contribution in [1.29, 1.82) is 0 Å². The summed E-state index contributed by atoms with van der Waals surface area (Å²) in [4.78, 5) is 0. The summed E-state index contributed by atoms with van der Waals surface area (Å²) in [5.74, 6) is -4.53. The Labute approximate surface area is 100 Å². The van der Waals surface area contributed by atoms with Crippen molar-refractivity contribution in [3.63, 3.8) is 0 Å². The summed E-state index contributed by atoms with van der Waals surface area (Å²) in [5.41, 5.74) is 0. The largest absolute Gasteiger partial charge is 0.359 e. The second-order valence-electron chi connectivity index (χ2n) is 5.25. The first-order valence-electron chi connectivity index (χ1n) is 5.33. The van der Waals surface area contributed by atoms with Crippen LogP contribution in [0, 0.1) is 5.82 Å². The van der Waals surface area contributed by atoms with E-state index >= 15 is 0 Å². The zero-order valence-corrected chi connectivity index (χ0v) is 12.3. The third kappa shape index (κ3) is 2.47. The average molecular weight is 280 g/mol. The third-order valence-electron chi connectivity index (χ3n) is 3.84. The first kappa shape index (κ1) is 14.4. The quantitative estimate of drug-likeness (QED) is 0.573. The Morgan fingerprint density at radius 2 is 1.29 bits per heavy atom. The fourth-order valence-electron chi connectivity index (χ4n) is 1.58. The van der Waals surface area contributed by atoms with Gasteiger partial charge in [0.2, 0.25) is 0 Å². The molecular formula is C11H16F4Si2. The van der Waals surface area contributed by atoms with Gasteiger partial charge in [-0.2, -0.15) is 13.2 Å². The van der Waals surface area contributed by atoms with Crippen molar-refractivity contribution >= 4 is 20.4 Å². The molecule has 17 heavy (non-hydrogen) atoms. The summed E-state index contributed by atoms with van der Waals surface area (Å²) in [7, 11) is -5.99. The Balaban J connectivity index is 3.23. The van der Waals surface area contributed by atoms with E-state index in [2.05, 4.69) is 0 Å². The SMILES string of the molecule is C[Si](C)(c1ccc(F)cc1)[Si](C)(C)C(F)(F)F. The van der Waals surface area contributed by atoms with E-state index in [0.717, 1.165) is 0 Å². The van der Waals surface area contributed by atoms with Crippen molar-refractivity contribution in [2.75, 3.05) is 0 Å². The summed E-state index contributed by atoms with van der Waals surface area (Å²) in [6, 6.07) is 5.49. The molecule has 1 rings (SSSR count). The molecule has 1 aromatic rings. The lowest BCUT2D eigenvalue weighted by Crippen LogP contribution is -2.70. The number of halogens is 4. The smallest absolute Gasteiger partial charge is 0.207 e. The highest BCUT2D eigenvalue weighted by atomic mass is 29.3. The van der Waals surface area contributed by atoms with Crippen molar-refractivity contribution in [3.8, 4) is 0 Å². The Kier molecular flexibility index (Phi) is 3.60. The van der Waals surface area contributed by atoms with Crippen molar-refractivity contribution < 1.29 is 17.6 Å². The number of alkyl halides is 3. The predicted molar refractivity (Wildman–Crippen MR) is 67.1 cm³/mol. The van der Waals surface area contributed by atoms with Crippen molar-refractivity contribution in [1.82, 2.24) is 0 Å². The minimum atomic E-state index is -4.11. The highest BCUT2D eigenvalue weighted by Crippen LogP contribution is 2.35. The van der Waals surface area contributed by atoms with Gasteiger partial charge in [-0.1, -0.05) is 43.5 Å². The van der Waals surface area contributed by atoms with Crippen LogP contribution < -0.4 is 5.19 Å². The first-order chi connectivity index (χ1) is 7.50. The molecule has 0 N–H and O–H groups in total. The minimum Gasteiger partial charge on any atom is -0.207 e. The van der Waals surface area contributed by atoms with Crippen LogP contribution in [0.2, 0.25) is 26.2 Å². The topological polar surface area (TPSA) is 0 Å². The van der Waals surface area contributed by atoms with Crippen LogP contribution in [0.25, 0.3) is 0 Å². The molecule has 0 bridgehead atoms. The molecule has 0 spiro atoms. The van der Waals surface area contributed by atoms with E-state index in [1.165, 1.54) is 37.4 Å². The molecule has 0 saturated heterocycles. The molecule has 96 valence electrons. The first-order valence-corrected chi connectivity index (χ1v) is 12.3. The van der Waals surface area contributed by atoms with Gasteiger partial charge in [-0.25, -0.2) is 4.39 Å². The van der Waals surface area contributed by atoms with Gasteiger partial charge < -0.3 is 0 Å². The molecule has 0 aliphatic rings. The number of hydrogen-bond acceptors (Lipinski definition) is 0. The minimum absolute atomic E-state index is 0.412. The molecular weight excluding hydrogens is 264 g/mol. The van der Waals surface area contributed by atoms with Gasteiger partial charge in [0.15, 0.2) is 7.59 Å². The molecule has 0 atom stereocenters. The molecule has 0 aliphatic carbocycles. The fraction of sp³-hybridized carbons (Fsp3) is 0.455. The van der Waals surface area contributed by atoms with Gasteiger partial charge in [0, 0.05) is 0 Å². The number of rotatable bonds is 2. The third-order valence-corrected chi connectivity index (χ3v) is 21.2. The molecule has 6 heteroatoms. The van der Waals surface area contributed by atoms with Crippen LogP contribution in [-0.2, 0) is 0 Å². The highest BCUT2D eigenvalue weighted by Gasteiger charge is 2.60. The molecule has 0 unspecified atom stereocenters. The van der Waals surface area contributed by atoms with Gasteiger partial charge in [-0.3, -0.25) is 0 Å². The normalized spacial score (nSPS) is 13.9. The molecule has 1 aromatic carbocycles. The second-order valence-corrected chi connectivity index (χ2v) is 20.4. The molecule has 0 radical (unpaired) electrons. The predicted octanol–water partition coefficient (Wildman–Crippen LogP) is 3.63. The van der Waals surface area contributed by atoms with E-state index < -0.39 is 26.8 Å². The maximum Gasteiger partial charge on any atom is 0.359 e. The molecule has 0 aromatic heterocycles. The van der Waals surface area contributed by atoms with Crippen LogP contribution in [0.15, 0.2) is 24.3 Å². The van der Waals surface area contributed by atoms with E-state index in [9.17, 15) is 17.6 Å². The van der Waals surface area contributed by atoms with Crippen LogP contribution in [0.4, 0.5) is 17.6 Å². The van der Waals surface area contributed by atoms with Crippen LogP contribution in [-0.4, -0.2) is 21.0 Å². The lowest BCUT2D eigenvalue weighted by molar-refractivity contribution is -0.0531.